The van der Waals surface area contributed by atoms with Crippen molar-refractivity contribution < 1.29 is 0 Å². The van der Waals surface area contributed by atoms with Crippen molar-refractivity contribution in [2.24, 2.45) is 0 Å². The highest BCUT2D eigenvalue weighted by Gasteiger charge is 2.04. The van der Waals surface area contributed by atoms with Crippen LogP contribution in [0.3, 0.4) is 0 Å². The van der Waals surface area contributed by atoms with Crippen LogP contribution in [0.2, 0.25) is 0 Å². The Kier molecular flexibility index (Phi) is 5.05. The van der Waals surface area contributed by atoms with Crippen LogP contribution in [0.5, 0.6) is 0 Å². The summed E-state index contributed by atoms with van der Waals surface area (Å²) in [7, 11) is 4.07. The number of benzene rings is 1. The van der Waals surface area contributed by atoms with Crippen molar-refractivity contribution in [3.8, 4) is 0 Å². The van der Waals surface area contributed by atoms with Gasteiger partial charge in [-0.1, -0.05) is 12.1 Å². The number of hydrogen-bond acceptors (Lipinski definition) is 6. The van der Waals surface area contributed by atoms with Gasteiger partial charge >= 0.3 is 0 Å². The van der Waals surface area contributed by atoms with Gasteiger partial charge in [-0.2, -0.15) is 10.1 Å². The second-order valence-electron chi connectivity index (χ2n) is 5.34. The summed E-state index contributed by atoms with van der Waals surface area (Å²) >= 11 is 0. The molecule has 1 heterocycles. The average Bonchev–Trinajstić information content (AvgIpc) is 2.43. The fourth-order valence-electron chi connectivity index (χ4n) is 1.84. The second-order valence-corrected chi connectivity index (χ2v) is 5.34. The standard InChI is InChI=1S/C15H22N6/c1-11-5-6-12(2)13(9-11)18-15-19-14(10-17-20-15)16-7-8-21(3)4/h5-6,9-10H,7-8H2,1-4H3,(H2,16,18,19,20). The first-order valence-corrected chi connectivity index (χ1v) is 6.97. The fourth-order valence-corrected chi connectivity index (χ4v) is 1.84. The van der Waals surface area contributed by atoms with E-state index in [9.17, 15) is 0 Å². The first-order valence-electron chi connectivity index (χ1n) is 6.97. The first kappa shape index (κ1) is 15.2. The number of likely N-dealkylation sites (N-methyl/N-ethyl adjacent to an activating group) is 1. The third-order valence-corrected chi connectivity index (χ3v) is 3.06. The zero-order chi connectivity index (χ0) is 15.2. The third kappa shape index (κ3) is 4.68. The lowest BCUT2D eigenvalue weighted by atomic mass is 10.1. The summed E-state index contributed by atoms with van der Waals surface area (Å²) in [6, 6.07) is 6.23. The molecule has 0 atom stereocenters. The van der Waals surface area contributed by atoms with Crippen LogP contribution in [-0.4, -0.2) is 47.3 Å². The van der Waals surface area contributed by atoms with E-state index < -0.39 is 0 Å². The largest absolute Gasteiger partial charge is 0.367 e. The maximum atomic E-state index is 4.42. The fraction of sp³-hybridized carbons (Fsp3) is 0.400. The smallest absolute Gasteiger partial charge is 0.249 e. The van der Waals surface area contributed by atoms with Crippen LogP contribution in [0.25, 0.3) is 0 Å². The Labute approximate surface area is 125 Å². The molecule has 2 rings (SSSR count). The Morgan fingerprint density at radius 3 is 2.76 bits per heavy atom. The summed E-state index contributed by atoms with van der Waals surface area (Å²) in [4.78, 5) is 6.53. The Balaban J connectivity index is 2.05. The van der Waals surface area contributed by atoms with Crippen molar-refractivity contribution in [2.45, 2.75) is 13.8 Å². The van der Waals surface area contributed by atoms with Gasteiger partial charge in [-0.15, -0.1) is 5.10 Å². The zero-order valence-electron chi connectivity index (χ0n) is 13.0. The third-order valence-electron chi connectivity index (χ3n) is 3.06. The van der Waals surface area contributed by atoms with E-state index in [0.29, 0.717) is 5.95 Å². The summed E-state index contributed by atoms with van der Waals surface area (Å²) in [5.74, 6) is 1.22. The molecule has 1 aromatic carbocycles. The Bertz CT molecular complexity index is 596. The molecular formula is C15H22N6. The number of anilines is 3. The summed E-state index contributed by atoms with van der Waals surface area (Å²) < 4.78 is 0. The predicted molar refractivity (Wildman–Crippen MR) is 86.1 cm³/mol. The lowest BCUT2D eigenvalue weighted by Crippen LogP contribution is -2.21. The molecule has 2 N–H and O–H groups in total. The van der Waals surface area contributed by atoms with Gasteiger partial charge in [0.2, 0.25) is 5.95 Å². The molecule has 0 radical (unpaired) electrons. The van der Waals surface area contributed by atoms with Gasteiger partial charge in [0.05, 0.1) is 6.20 Å². The van der Waals surface area contributed by atoms with Crippen molar-refractivity contribution in [1.29, 1.82) is 0 Å². The molecular weight excluding hydrogens is 264 g/mol. The maximum Gasteiger partial charge on any atom is 0.249 e. The van der Waals surface area contributed by atoms with E-state index in [0.717, 1.165) is 30.2 Å². The van der Waals surface area contributed by atoms with Gasteiger partial charge in [-0.25, -0.2) is 0 Å². The van der Waals surface area contributed by atoms with Crippen LogP contribution in [0, 0.1) is 13.8 Å². The predicted octanol–water partition coefficient (Wildman–Crippen LogP) is 2.21. The van der Waals surface area contributed by atoms with E-state index in [4.69, 9.17) is 0 Å². The highest BCUT2D eigenvalue weighted by Crippen LogP contribution is 2.19. The normalized spacial score (nSPS) is 10.7. The van der Waals surface area contributed by atoms with Crippen LogP contribution >= 0.6 is 0 Å². The number of rotatable bonds is 6. The number of aryl methyl sites for hydroxylation is 2. The van der Waals surface area contributed by atoms with Gasteiger partial charge in [-0.05, 0) is 45.1 Å². The highest BCUT2D eigenvalue weighted by molar-refractivity contribution is 5.59. The highest BCUT2D eigenvalue weighted by atomic mass is 15.3. The molecule has 0 spiro atoms. The SMILES string of the molecule is Cc1ccc(C)c(Nc2nncc(NCCN(C)C)n2)c1. The molecule has 0 bridgehead atoms. The molecule has 1 aromatic heterocycles. The Morgan fingerprint density at radius 1 is 1.19 bits per heavy atom. The van der Waals surface area contributed by atoms with E-state index in [2.05, 4.69) is 55.8 Å². The molecule has 6 heteroatoms. The summed E-state index contributed by atoms with van der Waals surface area (Å²) in [5, 5.41) is 14.5. The van der Waals surface area contributed by atoms with Crippen molar-refractivity contribution in [3.63, 3.8) is 0 Å². The van der Waals surface area contributed by atoms with Gasteiger partial charge in [0.15, 0.2) is 5.82 Å². The lowest BCUT2D eigenvalue weighted by Gasteiger charge is -2.12. The van der Waals surface area contributed by atoms with Gasteiger partial charge < -0.3 is 15.5 Å². The van der Waals surface area contributed by atoms with Crippen molar-refractivity contribution in [2.75, 3.05) is 37.8 Å². The molecule has 0 fully saturated rings. The quantitative estimate of drug-likeness (QED) is 0.848. The average molecular weight is 286 g/mol. The van der Waals surface area contributed by atoms with E-state index in [1.54, 1.807) is 6.20 Å². The molecule has 0 aliphatic heterocycles. The van der Waals surface area contributed by atoms with Crippen molar-refractivity contribution in [1.82, 2.24) is 20.1 Å². The number of hydrogen-bond donors (Lipinski definition) is 2. The molecule has 0 aliphatic carbocycles. The molecule has 6 nitrogen and oxygen atoms in total. The number of aromatic nitrogens is 3. The van der Waals surface area contributed by atoms with Crippen LogP contribution in [0.15, 0.2) is 24.4 Å². The molecule has 0 amide bonds. The summed E-state index contributed by atoms with van der Waals surface area (Å²) in [6.07, 6.45) is 1.63. The van der Waals surface area contributed by atoms with Crippen LogP contribution < -0.4 is 10.6 Å². The summed E-state index contributed by atoms with van der Waals surface area (Å²) in [5.41, 5.74) is 3.34. The van der Waals surface area contributed by atoms with Gasteiger partial charge in [-0.3, -0.25) is 0 Å². The zero-order valence-corrected chi connectivity index (χ0v) is 13.0. The Morgan fingerprint density at radius 2 is 2.00 bits per heavy atom. The van der Waals surface area contributed by atoms with E-state index >= 15 is 0 Å². The molecule has 2 aromatic rings. The Hall–Kier alpha value is -2.21. The van der Waals surface area contributed by atoms with Crippen LogP contribution in [-0.2, 0) is 0 Å². The number of nitrogens with zero attached hydrogens (tertiary/aromatic N) is 4. The van der Waals surface area contributed by atoms with E-state index in [1.807, 2.05) is 21.0 Å². The topological polar surface area (TPSA) is 66.0 Å². The van der Waals surface area contributed by atoms with E-state index in [-0.39, 0.29) is 0 Å². The molecule has 21 heavy (non-hydrogen) atoms. The second kappa shape index (κ2) is 6.99. The molecule has 0 aliphatic rings. The molecule has 0 unspecified atom stereocenters. The monoisotopic (exact) mass is 286 g/mol. The van der Waals surface area contributed by atoms with Crippen molar-refractivity contribution in [3.05, 3.63) is 35.5 Å². The minimum absolute atomic E-state index is 0.499. The molecule has 112 valence electrons. The number of nitrogens with one attached hydrogen (secondary N) is 2. The maximum absolute atomic E-state index is 4.42. The van der Waals surface area contributed by atoms with E-state index in [1.165, 1.54) is 5.56 Å². The van der Waals surface area contributed by atoms with Gasteiger partial charge in [0.25, 0.3) is 0 Å². The van der Waals surface area contributed by atoms with Crippen LogP contribution in [0.1, 0.15) is 11.1 Å². The molecule has 0 saturated heterocycles. The summed E-state index contributed by atoms with van der Waals surface area (Å²) in [6.45, 7) is 5.86. The minimum atomic E-state index is 0.499. The van der Waals surface area contributed by atoms with Gasteiger partial charge in [0.1, 0.15) is 0 Å². The first-order chi connectivity index (χ1) is 10.0. The van der Waals surface area contributed by atoms with Crippen molar-refractivity contribution >= 4 is 17.5 Å². The van der Waals surface area contributed by atoms with Gasteiger partial charge in [0, 0.05) is 18.8 Å². The van der Waals surface area contributed by atoms with Crippen LogP contribution in [0.4, 0.5) is 17.5 Å². The molecule has 0 saturated carbocycles. The minimum Gasteiger partial charge on any atom is -0.367 e. The lowest BCUT2D eigenvalue weighted by molar-refractivity contribution is 0.425.